The van der Waals surface area contributed by atoms with Gasteiger partial charge < -0.3 is 19.6 Å². The molecule has 0 bridgehead atoms. The number of methoxy groups -OCH3 is 1. The molecule has 1 unspecified atom stereocenters. The van der Waals surface area contributed by atoms with Gasteiger partial charge in [0.1, 0.15) is 5.76 Å². The minimum absolute atomic E-state index is 0.120. The van der Waals surface area contributed by atoms with Crippen LogP contribution in [0.1, 0.15) is 29.3 Å². The number of rotatable bonds is 5. The van der Waals surface area contributed by atoms with Crippen molar-refractivity contribution >= 4 is 11.7 Å². The third-order valence-electron chi connectivity index (χ3n) is 2.80. The summed E-state index contributed by atoms with van der Waals surface area (Å²) >= 11 is 0. The number of carboxylic acids is 1. The number of halogens is 1. The van der Waals surface area contributed by atoms with E-state index in [1.807, 2.05) is 0 Å². The number of hydrogen-bond acceptors (Lipinski definition) is 4. The van der Waals surface area contributed by atoms with Gasteiger partial charge in [0.15, 0.2) is 11.6 Å². The highest BCUT2D eigenvalue weighted by Crippen LogP contribution is 2.26. The van der Waals surface area contributed by atoms with Crippen LogP contribution in [0.15, 0.2) is 34.7 Å². The van der Waals surface area contributed by atoms with Crippen molar-refractivity contribution in [1.82, 2.24) is 0 Å². The van der Waals surface area contributed by atoms with E-state index in [0.29, 0.717) is 11.4 Å². The lowest BCUT2D eigenvalue weighted by Gasteiger charge is -2.14. The summed E-state index contributed by atoms with van der Waals surface area (Å²) in [6.45, 7) is 1.81. The molecule has 0 aliphatic carbocycles. The van der Waals surface area contributed by atoms with Crippen molar-refractivity contribution in [2.24, 2.45) is 0 Å². The van der Waals surface area contributed by atoms with Gasteiger partial charge >= 0.3 is 5.97 Å². The standard InChI is InChI=1S/C14H14FNO4/c1-8(11-5-6-12(20-11)14(17)18)16-9-3-4-10(15)13(7-9)19-2/h3-8,16H,1-2H3,(H,17,18). The summed E-state index contributed by atoms with van der Waals surface area (Å²) in [6.07, 6.45) is 0. The second-order valence-electron chi connectivity index (χ2n) is 4.22. The molecule has 1 atom stereocenters. The first kappa shape index (κ1) is 13.9. The van der Waals surface area contributed by atoms with E-state index in [1.54, 1.807) is 19.1 Å². The quantitative estimate of drug-likeness (QED) is 0.878. The Kier molecular flexibility index (Phi) is 3.93. The van der Waals surface area contributed by atoms with E-state index in [-0.39, 0.29) is 17.6 Å². The lowest BCUT2D eigenvalue weighted by molar-refractivity contribution is 0.0660. The number of benzene rings is 1. The number of carboxylic acid groups (broad SMARTS) is 1. The van der Waals surface area contributed by atoms with Gasteiger partial charge in [0.2, 0.25) is 5.76 Å². The topological polar surface area (TPSA) is 71.7 Å². The molecule has 0 spiro atoms. The molecular weight excluding hydrogens is 265 g/mol. The zero-order valence-electron chi connectivity index (χ0n) is 11.0. The monoisotopic (exact) mass is 279 g/mol. The van der Waals surface area contributed by atoms with Crippen LogP contribution < -0.4 is 10.1 Å². The summed E-state index contributed by atoms with van der Waals surface area (Å²) in [5.74, 6) is -1.08. The van der Waals surface area contributed by atoms with Gasteiger partial charge in [0.05, 0.1) is 13.2 Å². The van der Waals surface area contributed by atoms with Gasteiger partial charge in [-0.05, 0) is 31.2 Å². The van der Waals surface area contributed by atoms with E-state index >= 15 is 0 Å². The second kappa shape index (κ2) is 5.64. The van der Waals surface area contributed by atoms with Gasteiger partial charge in [-0.3, -0.25) is 0 Å². The van der Waals surface area contributed by atoms with E-state index in [1.165, 1.54) is 25.3 Å². The normalized spacial score (nSPS) is 11.9. The van der Waals surface area contributed by atoms with Crippen LogP contribution >= 0.6 is 0 Å². The van der Waals surface area contributed by atoms with Crippen molar-refractivity contribution in [3.05, 3.63) is 47.7 Å². The molecule has 6 heteroatoms. The molecule has 20 heavy (non-hydrogen) atoms. The molecule has 5 nitrogen and oxygen atoms in total. The number of furan rings is 1. The van der Waals surface area contributed by atoms with Crippen LogP contribution in [0.3, 0.4) is 0 Å². The number of carbonyl (C=O) groups is 1. The van der Waals surface area contributed by atoms with Crippen molar-refractivity contribution in [1.29, 1.82) is 0 Å². The fourth-order valence-electron chi connectivity index (χ4n) is 1.77. The first-order valence-electron chi connectivity index (χ1n) is 5.94. The van der Waals surface area contributed by atoms with E-state index in [4.69, 9.17) is 14.3 Å². The van der Waals surface area contributed by atoms with Gasteiger partial charge in [-0.1, -0.05) is 0 Å². The number of ether oxygens (including phenoxy) is 1. The predicted molar refractivity (Wildman–Crippen MR) is 70.7 cm³/mol. The van der Waals surface area contributed by atoms with E-state index in [0.717, 1.165) is 0 Å². The Morgan fingerprint density at radius 2 is 2.15 bits per heavy atom. The molecule has 2 aromatic rings. The van der Waals surface area contributed by atoms with Crippen LogP contribution in [0.5, 0.6) is 5.75 Å². The Bertz CT molecular complexity index is 623. The maximum Gasteiger partial charge on any atom is 0.371 e. The van der Waals surface area contributed by atoms with E-state index in [9.17, 15) is 9.18 Å². The minimum Gasteiger partial charge on any atom is -0.494 e. The summed E-state index contributed by atoms with van der Waals surface area (Å²) in [5, 5.41) is 11.9. The maximum absolute atomic E-state index is 13.3. The zero-order chi connectivity index (χ0) is 14.7. The molecule has 0 radical (unpaired) electrons. The molecule has 1 aromatic carbocycles. The van der Waals surface area contributed by atoms with Gasteiger partial charge in [0, 0.05) is 11.8 Å². The smallest absolute Gasteiger partial charge is 0.371 e. The molecule has 0 amide bonds. The molecule has 106 valence electrons. The van der Waals surface area contributed by atoms with Crippen LogP contribution in [-0.4, -0.2) is 18.2 Å². The Balaban J connectivity index is 2.14. The van der Waals surface area contributed by atoms with Gasteiger partial charge in [-0.2, -0.15) is 0 Å². The third kappa shape index (κ3) is 2.90. The SMILES string of the molecule is COc1cc(NC(C)c2ccc(C(=O)O)o2)ccc1F. The number of hydrogen-bond donors (Lipinski definition) is 2. The van der Waals surface area contributed by atoms with Crippen LogP contribution in [-0.2, 0) is 0 Å². The lowest BCUT2D eigenvalue weighted by Crippen LogP contribution is -2.06. The number of nitrogens with one attached hydrogen (secondary N) is 1. The molecule has 0 fully saturated rings. The summed E-state index contributed by atoms with van der Waals surface area (Å²) in [7, 11) is 1.39. The van der Waals surface area contributed by atoms with Crippen molar-refractivity contribution in [2.75, 3.05) is 12.4 Å². The molecule has 1 heterocycles. The van der Waals surface area contributed by atoms with Gasteiger partial charge in [-0.15, -0.1) is 0 Å². The predicted octanol–water partition coefficient (Wildman–Crippen LogP) is 3.30. The highest BCUT2D eigenvalue weighted by molar-refractivity contribution is 5.84. The fraction of sp³-hybridized carbons (Fsp3) is 0.214. The Labute approximate surface area is 115 Å². The summed E-state index contributed by atoms with van der Waals surface area (Å²) < 4.78 is 23.4. The Morgan fingerprint density at radius 1 is 1.40 bits per heavy atom. The molecule has 0 saturated carbocycles. The minimum atomic E-state index is -1.12. The highest BCUT2D eigenvalue weighted by atomic mass is 19.1. The van der Waals surface area contributed by atoms with Gasteiger partial charge in [-0.25, -0.2) is 9.18 Å². The van der Waals surface area contributed by atoms with Crippen LogP contribution in [0.4, 0.5) is 10.1 Å². The number of aromatic carboxylic acids is 1. The van der Waals surface area contributed by atoms with E-state index in [2.05, 4.69) is 5.32 Å². The highest BCUT2D eigenvalue weighted by Gasteiger charge is 2.14. The number of anilines is 1. The Morgan fingerprint density at radius 3 is 2.75 bits per heavy atom. The van der Waals surface area contributed by atoms with Crippen molar-refractivity contribution in [2.45, 2.75) is 13.0 Å². The summed E-state index contributed by atoms with van der Waals surface area (Å²) in [6, 6.07) is 7.09. The molecule has 0 saturated heterocycles. The summed E-state index contributed by atoms with van der Waals surface area (Å²) in [5.41, 5.74) is 0.643. The van der Waals surface area contributed by atoms with Crippen LogP contribution in [0.2, 0.25) is 0 Å². The largest absolute Gasteiger partial charge is 0.494 e. The molecular formula is C14H14FNO4. The first-order valence-corrected chi connectivity index (χ1v) is 5.94. The van der Waals surface area contributed by atoms with Crippen LogP contribution in [0.25, 0.3) is 0 Å². The maximum atomic E-state index is 13.3. The molecule has 0 aliphatic rings. The Hall–Kier alpha value is -2.50. The average molecular weight is 279 g/mol. The second-order valence-corrected chi connectivity index (χ2v) is 4.22. The van der Waals surface area contributed by atoms with Crippen molar-refractivity contribution in [3.8, 4) is 5.75 Å². The molecule has 0 aliphatic heterocycles. The van der Waals surface area contributed by atoms with Crippen LogP contribution in [0, 0.1) is 5.82 Å². The first-order chi connectivity index (χ1) is 9.51. The van der Waals surface area contributed by atoms with Gasteiger partial charge in [0.25, 0.3) is 0 Å². The third-order valence-corrected chi connectivity index (χ3v) is 2.80. The molecule has 2 rings (SSSR count). The van der Waals surface area contributed by atoms with E-state index < -0.39 is 11.8 Å². The van der Waals surface area contributed by atoms with Crippen molar-refractivity contribution in [3.63, 3.8) is 0 Å². The molecule has 2 N–H and O–H groups in total. The zero-order valence-corrected chi connectivity index (χ0v) is 11.0. The average Bonchev–Trinajstić information content (AvgIpc) is 2.91. The van der Waals surface area contributed by atoms with Crippen molar-refractivity contribution < 1.29 is 23.4 Å². The lowest BCUT2D eigenvalue weighted by atomic mass is 10.2. The summed E-state index contributed by atoms with van der Waals surface area (Å²) in [4.78, 5) is 10.7. The fourth-order valence-corrected chi connectivity index (χ4v) is 1.77. The molecule has 1 aromatic heterocycles.